The van der Waals surface area contributed by atoms with E-state index in [9.17, 15) is 4.79 Å². The molecule has 0 unspecified atom stereocenters. The van der Waals surface area contributed by atoms with Crippen LogP contribution in [0, 0.1) is 0 Å². The summed E-state index contributed by atoms with van der Waals surface area (Å²) in [5.41, 5.74) is 0.445. The van der Waals surface area contributed by atoms with Crippen molar-refractivity contribution in [2.24, 2.45) is 0 Å². The maximum Gasteiger partial charge on any atom is 0.330 e. The predicted molar refractivity (Wildman–Crippen MR) is 67.6 cm³/mol. The Kier molecular flexibility index (Phi) is 7.06. The molecule has 0 aromatic carbocycles. The van der Waals surface area contributed by atoms with Gasteiger partial charge >= 0.3 is 5.97 Å². The van der Waals surface area contributed by atoms with Crippen LogP contribution in [0.1, 0.15) is 47.5 Å². The number of allylic oxidation sites excluding steroid dienone is 1. The van der Waals surface area contributed by atoms with E-state index in [-0.39, 0.29) is 0 Å². The Morgan fingerprint density at radius 1 is 1.25 bits per heavy atom. The highest BCUT2D eigenvalue weighted by Gasteiger charge is 2.11. The first-order valence-electron chi connectivity index (χ1n) is 6.02. The lowest BCUT2D eigenvalue weighted by Gasteiger charge is -2.30. The van der Waals surface area contributed by atoms with Crippen LogP contribution in [0.4, 0.5) is 0 Å². The molecule has 0 spiro atoms. The van der Waals surface area contributed by atoms with Gasteiger partial charge in [0, 0.05) is 17.7 Å². The summed E-state index contributed by atoms with van der Waals surface area (Å²) in [6, 6.07) is 1.09. The average molecular weight is 227 g/mol. The number of rotatable bonds is 7. The van der Waals surface area contributed by atoms with E-state index in [0.717, 1.165) is 19.4 Å². The standard InChI is InChI=1S/C13H25NO2/c1-10(2)14(11(3)4)9-7-6-8-12(5)13(15)16/h8,10-11H,6-7,9H2,1-5H3,(H,15,16). The topological polar surface area (TPSA) is 40.5 Å². The van der Waals surface area contributed by atoms with Gasteiger partial charge in [-0.2, -0.15) is 0 Å². The first-order valence-corrected chi connectivity index (χ1v) is 6.02. The second-order valence-corrected chi connectivity index (χ2v) is 4.76. The van der Waals surface area contributed by atoms with E-state index in [1.54, 1.807) is 13.0 Å². The third kappa shape index (κ3) is 5.91. The first kappa shape index (κ1) is 15.2. The van der Waals surface area contributed by atoms with Crippen LogP contribution >= 0.6 is 0 Å². The van der Waals surface area contributed by atoms with E-state index in [1.807, 2.05) is 0 Å². The zero-order valence-corrected chi connectivity index (χ0v) is 11.2. The minimum absolute atomic E-state index is 0.445. The Morgan fingerprint density at radius 3 is 2.12 bits per heavy atom. The maximum atomic E-state index is 10.6. The van der Waals surface area contributed by atoms with Gasteiger partial charge in [-0.15, -0.1) is 0 Å². The van der Waals surface area contributed by atoms with Gasteiger partial charge in [-0.05, 0) is 54.0 Å². The molecule has 0 radical (unpaired) electrons. The molecule has 0 aliphatic heterocycles. The summed E-state index contributed by atoms with van der Waals surface area (Å²) in [5, 5.41) is 8.69. The van der Waals surface area contributed by atoms with Gasteiger partial charge in [0.1, 0.15) is 0 Å². The molecule has 0 fully saturated rings. The normalized spacial score (nSPS) is 12.9. The Morgan fingerprint density at radius 2 is 1.75 bits per heavy atom. The molecule has 0 amide bonds. The van der Waals surface area contributed by atoms with Crippen LogP contribution < -0.4 is 0 Å². The molecule has 0 bridgehead atoms. The second-order valence-electron chi connectivity index (χ2n) is 4.76. The molecule has 16 heavy (non-hydrogen) atoms. The number of carboxylic acid groups (broad SMARTS) is 1. The minimum Gasteiger partial charge on any atom is -0.478 e. The highest BCUT2D eigenvalue weighted by atomic mass is 16.4. The molecule has 0 saturated heterocycles. The molecule has 0 aliphatic rings. The van der Waals surface area contributed by atoms with Gasteiger partial charge < -0.3 is 5.11 Å². The number of nitrogens with zero attached hydrogens (tertiary/aromatic N) is 1. The van der Waals surface area contributed by atoms with E-state index in [1.165, 1.54) is 0 Å². The second kappa shape index (κ2) is 7.44. The van der Waals surface area contributed by atoms with Crippen molar-refractivity contribution >= 4 is 5.97 Å². The molecule has 0 heterocycles. The summed E-state index contributed by atoms with van der Waals surface area (Å²) in [6.07, 6.45) is 3.66. The number of carbonyl (C=O) groups is 1. The van der Waals surface area contributed by atoms with E-state index >= 15 is 0 Å². The van der Waals surface area contributed by atoms with Crippen molar-refractivity contribution in [3.05, 3.63) is 11.6 Å². The number of unbranched alkanes of at least 4 members (excludes halogenated alkanes) is 1. The molecule has 0 aromatic rings. The van der Waals surface area contributed by atoms with Gasteiger partial charge in [0.15, 0.2) is 0 Å². The van der Waals surface area contributed by atoms with Crippen LogP contribution in [0.3, 0.4) is 0 Å². The maximum absolute atomic E-state index is 10.6. The van der Waals surface area contributed by atoms with Crippen LogP contribution in [-0.2, 0) is 4.79 Å². The van der Waals surface area contributed by atoms with Crippen molar-refractivity contribution in [2.45, 2.75) is 59.5 Å². The smallest absolute Gasteiger partial charge is 0.330 e. The lowest BCUT2D eigenvalue weighted by Crippen LogP contribution is -2.37. The fraction of sp³-hybridized carbons (Fsp3) is 0.769. The largest absolute Gasteiger partial charge is 0.478 e. The summed E-state index contributed by atoms with van der Waals surface area (Å²) in [4.78, 5) is 13.0. The van der Waals surface area contributed by atoms with Crippen molar-refractivity contribution in [1.29, 1.82) is 0 Å². The lowest BCUT2D eigenvalue weighted by molar-refractivity contribution is -0.132. The van der Waals surface area contributed by atoms with Crippen molar-refractivity contribution in [2.75, 3.05) is 6.54 Å². The van der Waals surface area contributed by atoms with Crippen molar-refractivity contribution in [1.82, 2.24) is 4.90 Å². The summed E-state index contributed by atoms with van der Waals surface area (Å²) in [5.74, 6) is -0.815. The average Bonchev–Trinajstić information content (AvgIpc) is 2.15. The van der Waals surface area contributed by atoms with Gasteiger partial charge in [0.05, 0.1) is 0 Å². The molecule has 3 nitrogen and oxygen atoms in total. The highest BCUT2D eigenvalue weighted by Crippen LogP contribution is 2.08. The predicted octanol–water partition coefficient (Wildman–Crippen LogP) is 2.92. The SMILES string of the molecule is CC(=CCCCN(C(C)C)C(C)C)C(=O)O. The summed E-state index contributed by atoms with van der Waals surface area (Å²) in [7, 11) is 0. The zero-order chi connectivity index (χ0) is 12.7. The van der Waals surface area contributed by atoms with Crippen molar-refractivity contribution < 1.29 is 9.90 Å². The minimum atomic E-state index is -0.815. The van der Waals surface area contributed by atoms with E-state index in [2.05, 4.69) is 32.6 Å². The van der Waals surface area contributed by atoms with Crippen LogP contribution in [0.25, 0.3) is 0 Å². The molecule has 0 aromatic heterocycles. The molecule has 0 rings (SSSR count). The number of hydrogen-bond acceptors (Lipinski definition) is 2. The van der Waals surface area contributed by atoms with Crippen LogP contribution in [0.5, 0.6) is 0 Å². The van der Waals surface area contributed by atoms with Crippen LogP contribution in [-0.4, -0.2) is 34.6 Å². The highest BCUT2D eigenvalue weighted by molar-refractivity contribution is 5.85. The Balaban J connectivity index is 3.97. The van der Waals surface area contributed by atoms with E-state index in [0.29, 0.717) is 17.7 Å². The van der Waals surface area contributed by atoms with E-state index in [4.69, 9.17) is 5.11 Å². The van der Waals surface area contributed by atoms with Crippen molar-refractivity contribution in [3.63, 3.8) is 0 Å². The van der Waals surface area contributed by atoms with Gasteiger partial charge in [-0.1, -0.05) is 6.08 Å². The van der Waals surface area contributed by atoms with Crippen LogP contribution in [0.2, 0.25) is 0 Å². The molecule has 0 atom stereocenters. The fourth-order valence-electron chi connectivity index (χ4n) is 1.79. The molecule has 0 aliphatic carbocycles. The Labute approximate surface area is 99.1 Å². The van der Waals surface area contributed by atoms with Gasteiger partial charge in [0.2, 0.25) is 0 Å². The first-order chi connectivity index (χ1) is 7.36. The molecule has 0 saturated carbocycles. The Bertz CT molecular complexity index is 236. The number of hydrogen-bond donors (Lipinski definition) is 1. The summed E-state index contributed by atoms with van der Waals surface area (Å²) in [6.45, 7) is 11.4. The lowest BCUT2D eigenvalue weighted by atomic mass is 10.1. The molecular formula is C13H25NO2. The molecule has 1 N–H and O–H groups in total. The van der Waals surface area contributed by atoms with Gasteiger partial charge in [-0.3, -0.25) is 4.90 Å². The monoisotopic (exact) mass is 227 g/mol. The summed E-state index contributed by atoms with van der Waals surface area (Å²) >= 11 is 0. The van der Waals surface area contributed by atoms with Gasteiger partial charge in [-0.25, -0.2) is 4.79 Å². The van der Waals surface area contributed by atoms with Crippen molar-refractivity contribution in [3.8, 4) is 0 Å². The summed E-state index contributed by atoms with van der Waals surface area (Å²) < 4.78 is 0. The van der Waals surface area contributed by atoms with Crippen LogP contribution in [0.15, 0.2) is 11.6 Å². The fourth-order valence-corrected chi connectivity index (χ4v) is 1.79. The third-order valence-electron chi connectivity index (χ3n) is 2.73. The van der Waals surface area contributed by atoms with E-state index < -0.39 is 5.97 Å². The zero-order valence-electron chi connectivity index (χ0n) is 11.2. The number of carboxylic acids is 1. The molecule has 94 valence electrons. The molecular weight excluding hydrogens is 202 g/mol. The Hall–Kier alpha value is -0.830. The third-order valence-corrected chi connectivity index (χ3v) is 2.73. The number of aliphatic carboxylic acids is 1. The quantitative estimate of drug-likeness (QED) is 0.537. The van der Waals surface area contributed by atoms with Gasteiger partial charge in [0.25, 0.3) is 0 Å². The molecule has 3 heteroatoms.